The summed E-state index contributed by atoms with van der Waals surface area (Å²) >= 11 is 0. The molecule has 4 aromatic rings. The molecule has 1 aliphatic heterocycles. The van der Waals surface area contributed by atoms with Crippen molar-refractivity contribution >= 4 is 11.4 Å². The Morgan fingerprint density at radius 3 is 2.60 bits per heavy atom. The molecule has 6 rings (SSSR count). The molecule has 0 spiro atoms. The van der Waals surface area contributed by atoms with E-state index in [4.69, 9.17) is 14.5 Å². The largest absolute Gasteiger partial charge is 0.497 e. The summed E-state index contributed by atoms with van der Waals surface area (Å²) in [4.78, 5) is 23.0. The second-order valence-corrected chi connectivity index (χ2v) is 10.0. The van der Waals surface area contributed by atoms with Crippen LogP contribution < -0.4 is 9.47 Å². The van der Waals surface area contributed by atoms with Crippen LogP contribution in [-0.2, 0) is 11.2 Å². The van der Waals surface area contributed by atoms with Crippen LogP contribution in [0.2, 0.25) is 0 Å². The van der Waals surface area contributed by atoms with Crippen LogP contribution in [0.3, 0.4) is 0 Å². The number of carbonyl (C=O) groups is 1. The third-order valence-electron chi connectivity index (χ3n) is 6.76. The topological polar surface area (TPSA) is 78.6 Å². The van der Waals surface area contributed by atoms with Gasteiger partial charge in [-0.3, -0.25) is 4.79 Å². The van der Waals surface area contributed by atoms with Crippen LogP contribution in [-0.4, -0.2) is 32.5 Å². The highest BCUT2D eigenvalue weighted by atomic mass is 16.5. The third-order valence-corrected chi connectivity index (χ3v) is 6.76. The lowest BCUT2D eigenvalue weighted by Gasteiger charge is -2.37. The lowest BCUT2D eigenvalue weighted by Crippen LogP contribution is -2.33. The monoisotopic (exact) mass is 466 g/mol. The molecule has 7 nitrogen and oxygen atoms in total. The number of hydrogen-bond donors (Lipinski definition) is 0. The van der Waals surface area contributed by atoms with Crippen molar-refractivity contribution in [1.29, 1.82) is 0 Å². The van der Waals surface area contributed by atoms with Gasteiger partial charge < -0.3 is 9.47 Å². The van der Waals surface area contributed by atoms with Gasteiger partial charge in [0.2, 0.25) is 5.88 Å². The fourth-order valence-electron chi connectivity index (χ4n) is 5.17. The van der Waals surface area contributed by atoms with E-state index in [1.165, 1.54) is 0 Å². The number of hydrogen-bond acceptors (Lipinski definition) is 6. The van der Waals surface area contributed by atoms with E-state index in [0.29, 0.717) is 47.9 Å². The second-order valence-electron chi connectivity index (χ2n) is 10.0. The summed E-state index contributed by atoms with van der Waals surface area (Å²) in [5, 5.41) is 4.68. The Morgan fingerprint density at radius 1 is 1.09 bits per heavy atom. The SMILES string of the molecule is COc1ccc([C@@H]2C3=C(CC(C)(C)CC3=O)Oc3ncn4nc(Cc5ccccc5)nc4c32)cc1. The molecule has 176 valence electrons. The van der Waals surface area contributed by atoms with E-state index in [1.807, 2.05) is 42.5 Å². The Hall–Kier alpha value is -4.00. The predicted molar refractivity (Wildman–Crippen MR) is 131 cm³/mol. The zero-order valence-corrected chi connectivity index (χ0v) is 20.0. The average molecular weight is 467 g/mol. The maximum absolute atomic E-state index is 13.5. The summed E-state index contributed by atoms with van der Waals surface area (Å²) in [5.74, 6) is 2.41. The van der Waals surface area contributed by atoms with Crippen LogP contribution >= 0.6 is 0 Å². The van der Waals surface area contributed by atoms with Gasteiger partial charge in [0.05, 0.1) is 12.7 Å². The Kier molecular flexibility index (Phi) is 4.95. The minimum atomic E-state index is -0.340. The predicted octanol–water partition coefficient (Wildman–Crippen LogP) is 4.89. The standard InChI is InChI=1S/C28H26N4O3/c1-28(2)14-20(33)24-21(15-28)35-27-25(23(24)18-9-11-19(34-3)12-10-18)26-30-22(31-32(26)16-29-27)13-17-7-5-4-6-8-17/h4-12,16,23H,13-15H2,1-3H3/t23-/m1/s1. The molecule has 0 unspecified atom stereocenters. The molecule has 0 saturated heterocycles. The molecule has 3 heterocycles. The Bertz CT molecular complexity index is 1470. The van der Waals surface area contributed by atoms with Crippen molar-refractivity contribution in [2.24, 2.45) is 5.41 Å². The fourth-order valence-corrected chi connectivity index (χ4v) is 5.17. The number of rotatable bonds is 4. The molecule has 0 radical (unpaired) electrons. The molecule has 0 saturated carbocycles. The number of ether oxygens (including phenoxy) is 2. The highest BCUT2D eigenvalue weighted by Crippen LogP contribution is 2.50. The summed E-state index contributed by atoms with van der Waals surface area (Å²) in [6, 6.07) is 18.0. The van der Waals surface area contributed by atoms with Crippen LogP contribution in [0, 0.1) is 5.41 Å². The smallest absolute Gasteiger partial charge is 0.228 e. The molecule has 2 aliphatic rings. The summed E-state index contributed by atoms with van der Waals surface area (Å²) < 4.78 is 13.4. The number of allylic oxidation sites excluding steroid dienone is 2. The van der Waals surface area contributed by atoms with E-state index < -0.39 is 0 Å². The number of methoxy groups -OCH3 is 1. The third kappa shape index (κ3) is 3.77. The summed E-state index contributed by atoms with van der Waals surface area (Å²) in [6.07, 6.45) is 3.40. The first-order valence-corrected chi connectivity index (χ1v) is 11.8. The number of benzene rings is 2. The van der Waals surface area contributed by atoms with Crippen molar-refractivity contribution in [2.45, 2.75) is 39.0 Å². The number of carbonyl (C=O) groups excluding carboxylic acids is 1. The first-order valence-electron chi connectivity index (χ1n) is 11.8. The molecule has 7 heteroatoms. The van der Waals surface area contributed by atoms with Gasteiger partial charge in [-0.15, -0.1) is 5.10 Å². The molecule has 0 amide bonds. The van der Waals surface area contributed by atoms with Gasteiger partial charge in [-0.2, -0.15) is 0 Å². The zero-order chi connectivity index (χ0) is 24.2. The van der Waals surface area contributed by atoms with Crippen molar-refractivity contribution in [2.75, 3.05) is 7.11 Å². The van der Waals surface area contributed by atoms with Crippen molar-refractivity contribution < 1.29 is 14.3 Å². The van der Waals surface area contributed by atoms with Gasteiger partial charge in [-0.1, -0.05) is 56.3 Å². The second kappa shape index (κ2) is 8.05. The Morgan fingerprint density at radius 2 is 1.86 bits per heavy atom. The van der Waals surface area contributed by atoms with Gasteiger partial charge in [0, 0.05) is 30.8 Å². The van der Waals surface area contributed by atoms with E-state index in [1.54, 1.807) is 18.0 Å². The molecule has 2 aromatic carbocycles. The van der Waals surface area contributed by atoms with Gasteiger partial charge >= 0.3 is 0 Å². The summed E-state index contributed by atoms with van der Waals surface area (Å²) in [6.45, 7) is 4.20. The molecule has 1 atom stereocenters. The van der Waals surface area contributed by atoms with Crippen LogP contribution in [0.1, 0.15) is 55.1 Å². The maximum Gasteiger partial charge on any atom is 0.228 e. The van der Waals surface area contributed by atoms with Crippen LogP contribution in [0.25, 0.3) is 5.65 Å². The van der Waals surface area contributed by atoms with Crippen molar-refractivity contribution in [3.8, 4) is 11.6 Å². The van der Waals surface area contributed by atoms with Crippen molar-refractivity contribution in [3.05, 3.63) is 94.8 Å². The van der Waals surface area contributed by atoms with Gasteiger partial charge in [0.1, 0.15) is 17.8 Å². The van der Waals surface area contributed by atoms with E-state index in [0.717, 1.165) is 22.4 Å². The number of fused-ring (bicyclic) bond motifs is 3. The van der Waals surface area contributed by atoms with E-state index in [2.05, 4.69) is 36.1 Å². The quantitative estimate of drug-likeness (QED) is 0.426. The minimum absolute atomic E-state index is 0.105. The highest BCUT2D eigenvalue weighted by molar-refractivity contribution is 6.00. The van der Waals surface area contributed by atoms with Crippen LogP contribution in [0.5, 0.6) is 11.6 Å². The first-order chi connectivity index (χ1) is 16.9. The number of Topliss-reactive ketones (excluding diaryl/α,β-unsaturated/α-hetero) is 1. The fraction of sp³-hybridized carbons (Fsp3) is 0.286. The average Bonchev–Trinajstić information content (AvgIpc) is 3.25. The normalized spacial score (nSPS) is 18.7. The minimum Gasteiger partial charge on any atom is -0.497 e. The molecular formula is C28H26N4O3. The summed E-state index contributed by atoms with van der Waals surface area (Å²) in [7, 11) is 1.64. The first kappa shape index (κ1) is 21.5. The van der Waals surface area contributed by atoms with E-state index in [-0.39, 0.29) is 17.1 Å². The molecule has 0 fully saturated rings. The maximum atomic E-state index is 13.5. The molecule has 0 bridgehead atoms. The lowest BCUT2D eigenvalue weighted by atomic mass is 9.70. The summed E-state index contributed by atoms with van der Waals surface area (Å²) in [5.41, 5.74) is 4.06. The van der Waals surface area contributed by atoms with Crippen LogP contribution in [0.15, 0.2) is 72.3 Å². The van der Waals surface area contributed by atoms with Crippen molar-refractivity contribution in [3.63, 3.8) is 0 Å². The van der Waals surface area contributed by atoms with Gasteiger partial charge in [-0.05, 0) is 28.7 Å². The lowest BCUT2D eigenvalue weighted by molar-refractivity contribution is -0.118. The van der Waals surface area contributed by atoms with Crippen LogP contribution in [0.4, 0.5) is 0 Å². The molecule has 1 aliphatic carbocycles. The number of ketones is 1. The molecule has 0 N–H and O–H groups in total. The van der Waals surface area contributed by atoms with Gasteiger partial charge in [-0.25, -0.2) is 14.5 Å². The highest BCUT2D eigenvalue weighted by Gasteiger charge is 2.43. The van der Waals surface area contributed by atoms with E-state index >= 15 is 0 Å². The number of nitrogens with zero attached hydrogens (tertiary/aromatic N) is 4. The molecule has 35 heavy (non-hydrogen) atoms. The molecular weight excluding hydrogens is 440 g/mol. The van der Waals surface area contributed by atoms with E-state index in [9.17, 15) is 4.79 Å². The Labute approximate surface area is 203 Å². The molecule has 2 aromatic heterocycles. The van der Waals surface area contributed by atoms with Crippen molar-refractivity contribution in [1.82, 2.24) is 19.6 Å². The Balaban J connectivity index is 1.53. The number of aromatic nitrogens is 4. The van der Waals surface area contributed by atoms with Gasteiger partial charge in [0.25, 0.3) is 0 Å². The zero-order valence-electron chi connectivity index (χ0n) is 20.0. The van der Waals surface area contributed by atoms with Gasteiger partial charge in [0.15, 0.2) is 17.3 Å².